The molecule has 0 bridgehead atoms. The maximum atomic E-state index is 6.18. The van der Waals surface area contributed by atoms with E-state index in [9.17, 15) is 0 Å². The summed E-state index contributed by atoms with van der Waals surface area (Å²) in [5.74, 6) is 1.35. The third-order valence-corrected chi connectivity index (χ3v) is 3.45. The lowest BCUT2D eigenvalue weighted by Gasteiger charge is -2.19. The molecule has 0 heterocycles. The average Bonchev–Trinajstić information content (AvgIpc) is 2.24. The summed E-state index contributed by atoms with van der Waals surface area (Å²) in [4.78, 5) is 0. The van der Waals surface area contributed by atoms with Crippen LogP contribution in [0.3, 0.4) is 0 Å². The number of hydrogen-bond acceptors (Lipinski definition) is 3. The molecule has 2 nitrogen and oxygen atoms in total. The summed E-state index contributed by atoms with van der Waals surface area (Å²) in [5.41, 5.74) is 8.91. The van der Waals surface area contributed by atoms with Gasteiger partial charge in [-0.3, -0.25) is 0 Å². The first-order valence-corrected chi connectivity index (χ1v) is 5.74. The molecule has 0 amide bonds. The number of methoxy groups -OCH3 is 1. The Labute approximate surface area is 101 Å². The highest BCUT2D eigenvalue weighted by Gasteiger charge is 2.17. The van der Waals surface area contributed by atoms with Crippen LogP contribution in [0.5, 0.6) is 5.75 Å². The highest BCUT2D eigenvalue weighted by atomic mass is 35.5. The lowest BCUT2D eigenvalue weighted by Crippen LogP contribution is -2.15. The highest BCUT2D eigenvalue weighted by molar-refractivity contribution is 7.80. The third-order valence-electron chi connectivity index (χ3n) is 2.48. The largest absolute Gasteiger partial charge is 0.496 e. The zero-order valence-electron chi connectivity index (χ0n) is 9.17. The standard InChI is InChI=1S/C11H16ClNOS/c1-6-4-9(14-3)10(8(13)5-15)7(2)11(6)12/h4,8,15H,5,13H2,1-3H3. The summed E-state index contributed by atoms with van der Waals surface area (Å²) >= 11 is 10.4. The fourth-order valence-electron chi connectivity index (χ4n) is 1.66. The molecule has 1 atom stereocenters. The summed E-state index contributed by atoms with van der Waals surface area (Å²) in [5, 5.41) is 0.753. The Hall–Kier alpha value is -0.380. The number of benzene rings is 1. The van der Waals surface area contributed by atoms with E-state index in [2.05, 4.69) is 12.6 Å². The van der Waals surface area contributed by atoms with E-state index in [0.29, 0.717) is 5.75 Å². The SMILES string of the molecule is COc1cc(C)c(Cl)c(C)c1C(N)CS. The second-order valence-corrected chi connectivity index (χ2v) is 4.28. The van der Waals surface area contributed by atoms with Crippen molar-refractivity contribution >= 4 is 24.2 Å². The molecule has 4 heteroatoms. The Bertz CT molecular complexity index is 368. The van der Waals surface area contributed by atoms with Gasteiger partial charge in [0.1, 0.15) is 5.75 Å². The number of halogens is 1. The Balaban J connectivity index is 3.40. The van der Waals surface area contributed by atoms with Gasteiger partial charge in [-0.15, -0.1) is 0 Å². The van der Waals surface area contributed by atoms with E-state index in [4.69, 9.17) is 22.1 Å². The monoisotopic (exact) mass is 245 g/mol. The molecule has 0 aromatic heterocycles. The molecular formula is C11H16ClNOS. The summed E-state index contributed by atoms with van der Waals surface area (Å²) in [6.07, 6.45) is 0. The molecule has 2 N–H and O–H groups in total. The van der Waals surface area contributed by atoms with Gasteiger partial charge in [0.2, 0.25) is 0 Å². The fraction of sp³-hybridized carbons (Fsp3) is 0.455. The Morgan fingerprint density at radius 2 is 2.13 bits per heavy atom. The van der Waals surface area contributed by atoms with Crippen molar-refractivity contribution in [3.63, 3.8) is 0 Å². The maximum Gasteiger partial charge on any atom is 0.124 e. The minimum absolute atomic E-state index is 0.151. The predicted molar refractivity (Wildman–Crippen MR) is 68.3 cm³/mol. The van der Waals surface area contributed by atoms with Gasteiger partial charge < -0.3 is 10.5 Å². The molecule has 1 unspecified atom stereocenters. The van der Waals surface area contributed by atoms with Crippen LogP contribution >= 0.6 is 24.2 Å². The molecule has 0 fully saturated rings. The van der Waals surface area contributed by atoms with E-state index >= 15 is 0 Å². The van der Waals surface area contributed by atoms with Crippen LogP contribution in [-0.4, -0.2) is 12.9 Å². The van der Waals surface area contributed by atoms with Crippen LogP contribution in [0.4, 0.5) is 0 Å². The van der Waals surface area contributed by atoms with Crippen molar-refractivity contribution in [2.75, 3.05) is 12.9 Å². The van der Waals surface area contributed by atoms with Crippen LogP contribution in [0.25, 0.3) is 0 Å². The van der Waals surface area contributed by atoms with Crippen LogP contribution in [-0.2, 0) is 0 Å². The number of hydrogen-bond donors (Lipinski definition) is 2. The van der Waals surface area contributed by atoms with Crippen molar-refractivity contribution in [3.8, 4) is 5.75 Å². The Morgan fingerprint density at radius 1 is 1.53 bits per heavy atom. The normalized spacial score (nSPS) is 12.7. The number of aryl methyl sites for hydroxylation is 1. The Morgan fingerprint density at radius 3 is 2.60 bits per heavy atom. The molecule has 0 saturated carbocycles. The van der Waals surface area contributed by atoms with Gasteiger partial charge in [-0.2, -0.15) is 12.6 Å². The average molecular weight is 246 g/mol. The Kier molecular flexibility index (Phi) is 4.32. The fourth-order valence-corrected chi connectivity index (χ4v) is 2.00. The van der Waals surface area contributed by atoms with Crippen LogP contribution in [0.2, 0.25) is 5.02 Å². The smallest absolute Gasteiger partial charge is 0.124 e. The summed E-state index contributed by atoms with van der Waals surface area (Å²) in [7, 11) is 1.64. The van der Waals surface area contributed by atoms with E-state index < -0.39 is 0 Å². The predicted octanol–water partition coefficient (Wildman–Crippen LogP) is 2.90. The number of ether oxygens (including phenoxy) is 1. The van der Waals surface area contributed by atoms with E-state index in [1.807, 2.05) is 19.9 Å². The second kappa shape index (κ2) is 5.10. The summed E-state index contributed by atoms with van der Waals surface area (Å²) < 4.78 is 5.31. The zero-order chi connectivity index (χ0) is 11.6. The molecule has 0 radical (unpaired) electrons. The molecule has 15 heavy (non-hydrogen) atoms. The third kappa shape index (κ3) is 2.41. The van der Waals surface area contributed by atoms with E-state index in [-0.39, 0.29) is 6.04 Å². The van der Waals surface area contributed by atoms with Gasteiger partial charge in [0.15, 0.2) is 0 Å². The van der Waals surface area contributed by atoms with E-state index in [1.54, 1.807) is 7.11 Å². The molecule has 1 aromatic rings. The molecule has 1 aromatic carbocycles. The van der Waals surface area contributed by atoms with Gasteiger partial charge in [0.25, 0.3) is 0 Å². The molecule has 0 aliphatic rings. The van der Waals surface area contributed by atoms with Gasteiger partial charge in [-0.05, 0) is 31.0 Å². The highest BCUT2D eigenvalue weighted by Crippen LogP contribution is 2.34. The van der Waals surface area contributed by atoms with Gasteiger partial charge in [-0.1, -0.05) is 11.6 Å². The van der Waals surface area contributed by atoms with Crippen LogP contribution < -0.4 is 10.5 Å². The summed E-state index contributed by atoms with van der Waals surface area (Å²) in [6.45, 7) is 3.91. The first kappa shape index (κ1) is 12.7. The van der Waals surface area contributed by atoms with Crippen molar-refractivity contribution in [2.24, 2.45) is 5.73 Å². The van der Waals surface area contributed by atoms with Gasteiger partial charge in [-0.25, -0.2) is 0 Å². The van der Waals surface area contributed by atoms with E-state index in [0.717, 1.165) is 27.5 Å². The van der Waals surface area contributed by atoms with Crippen LogP contribution in [0.1, 0.15) is 22.7 Å². The quantitative estimate of drug-likeness (QED) is 0.804. The molecule has 1 rings (SSSR count). The first-order chi connectivity index (χ1) is 7.02. The van der Waals surface area contributed by atoms with Crippen LogP contribution in [0.15, 0.2) is 6.07 Å². The second-order valence-electron chi connectivity index (χ2n) is 3.54. The van der Waals surface area contributed by atoms with Crippen molar-refractivity contribution in [1.82, 2.24) is 0 Å². The van der Waals surface area contributed by atoms with Crippen molar-refractivity contribution < 1.29 is 4.74 Å². The molecule has 0 saturated heterocycles. The molecule has 0 spiro atoms. The first-order valence-electron chi connectivity index (χ1n) is 4.73. The van der Waals surface area contributed by atoms with Crippen molar-refractivity contribution in [2.45, 2.75) is 19.9 Å². The number of nitrogens with two attached hydrogens (primary N) is 1. The lowest BCUT2D eigenvalue weighted by atomic mass is 9.99. The molecule has 84 valence electrons. The van der Waals surface area contributed by atoms with Gasteiger partial charge >= 0.3 is 0 Å². The van der Waals surface area contributed by atoms with Gasteiger partial charge in [0.05, 0.1) is 7.11 Å². The van der Waals surface area contributed by atoms with E-state index in [1.165, 1.54) is 0 Å². The van der Waals surface area contributed by atoms with Gasteiger partial charge in [0, 0.05) is 22.4 Å². The minimum atomic E-state index is -0.151. The van der Waals surface area contributed by atoms with Crippen LogP contribution in [0, 0.1) is 13.8 Å². The molecule has 0 aliphatic heterocycles. The zero-order valence-corrected chi connectivity index (χ0v) is 10.8. The number of rotatable bonds is 3. The van der Waals surface area contributed by atoms with Crippen molar-refractivity contribution in [1.29, 1.82) is 0 Å². The minimum Gasteiger partial charge on any atom is -0.496 e. The lowest BCUT2D eigenvalue weighted by molar-refractivity contribution is 0.406. The van der Waals surface area contributed by atoms with Crippen molar-refractivity contribution in [3.05, 3.63) is 27.8 Å². The topological polar surface area (TPSA) is 35.2 Å². The summed E-state index contributed by atoms with van der Waals surface area (Å²) in [6, 6.07) is 1.76. The number of thiol groups is 1. The maximum absolute atomic E-state index is 6.18. The molecular weight excluding hydrogens is 230 g/mol. The molecule has 0 aliphatic carbocycles.